The minimum Gasteiger partial charge on any atom is -0.377 e. The summed E-state index contributed by atoms with van der Waals surface area (Å²) in [5.41, 5.74) is 3.35. The molecule has 0 N–H and O–H groups in total. The summed E-state index contributed by atoms with van der Waals surface area (Å²) in [7, 11) is 0. The molecule has 1 fully saturated rings. The molecule has 0 spiro atoms. The molecule has 0 radical (unpaired) electrons. The van der Waals surface area contributed by atoms with Crippen molar-refractivity contribution in [3.8, 4) is 16.8 Å². The zero-order valence-electron chi connectivity index (χ0n) is 14.1. The first-order chi connectivity index (χ1) is 12.4. The van der Waals surface area contributed by atoms with Gasteiger partial charge >= 0.3 is 0 Å². The number of hydrogen-bond acceptors (Lipinski definition) is 4. The average molecular weight is 331 g/mol. The van der Waals surface area contributed by atoms with E-state index in [1.54, 1.807) is 4.68 Å². The van der Waals surface area contributed by atoms with E-state index in [0.717, 1.165) is 24.6 Å². The molecule has 1 aromatic heterocycles. The van der Waals surface area contributed by atoms with Gasteiger partial charge < -0.3 is 4.90 Å². The summed E-state index contributed by atoms with van der Waals surface area (Å²) in [5, 5.41) is 12.1. The minimum absolute atomic E-state index is 0.748. The van der Waals surface area contributed by atoms with Crippen LogP contribution < -0.4 is 0 Å². The molecule has 0 unspecified atom stereocenters. The van der Waals surface area contributed by atoms with Crippen LogP contribution in [0.25, 0.3) is 22.9 Å². The van der Waals surface area contributed by atoms with Gasteiger partial charge in [0, 0.05) is 25.4 Å². The summed E-state index contributed by atoms with van der Waals surface area (Å²) in [4.78, 5) is 2.33. The molecule has 0 atom stereocenters. The molecule has 0 bridgehead atoms. The van der Waals surface area contributed by atoms with Gasteiger partial charge in [0.15, 0.2) is 5.82 Å². The molecule has 126 valence electrons. The first kappa shape index (κ1) is 15.6. The Bertz CT molecular complexity index is 830. The number of rotatable bonds is 4. The standard InChI is InChI=1S/C20H21N5/c1-3-7-17(8-4-1)18-9-11-19(12-10-18)25-20(21-22-23-25)13-16-24-14-5-2-6-15-24/h1,3-4,7-13,16H,2,5-6,14-15H2/b16-13+. The maximum Gasteiger partial charge on any atom is 0.181 e. The van der Waals surface area contributed by atoms with Crippen LogP contribution in [0.2, 0.25) is 0 Å². The van der Waals surface area contributed by atoms with Crippen molar-refractivity contribution in [2.24, 2.45) is 0 Å². The molecule has 5 heteroatoms. The van der Waals surface area contributed by atoms with E-state index in [2.05, 4.69) is 63.0 Å². The minimum atomic E-state index is 0.748. The van der Waals surface area contributed by atoms with Crippen molar-refractivity contribution in [2.75, 3.05) is 13.1 Å². The lowest BCUT2D eigenvalue weighted by Crippen LogP contribution is -2.24. The molecule has 0 amide bonds. The third-order valence-corrected chi connectivity index (χ3v) is 4.54. The number of hydrogen-bond donors (Lipinski definition) is 0. The van der Waals surface area contributed by atoms with E-state index in [0.29, 0.717) is 0 Å². The second-order valence-electron chi connectivity index (χ2n) is 6.27. The fourth-order valence-electron chi connectivity index (χ4n) is 3.15. The average Bonchev–Trinajstić information content (AvgIpc) is 3.17. The van der Waals surface area contributed by atoms with Crippen molar-refractivity contribution < 1.29 is 0 Å². The molecule has 25 heavy (non-hydrogen) atoms. The summed E-state index contributed by atoms with van der Waals surface area (Å²) in [6, 6.07) is 18.7. The molecule has 0 saturated carbocycles. The maximum atomic E-state index is 4.15. The van der Waals surface area contributed by atoms with Crippen molar-refractivity contribution in [1.29, 1.82) is 0 Å². The third kappa shape index (κ3) is 3.60. The Kier molecular flexibility index (Phi) is 4.55. The van der Waals surface area contributed by atoms with Gasteiger partial charge in [-0.3, -0.25) is 0 Å². The Morgan fingerprint density at radius 1 is 0.800 bits per heavy atom. The lowest BCUT2D eigenvalue weighted by molar-refractivity contribution is 0.311. The summed E-state index contributed by atoms with van der Waals surface area (Å²) in [6.07, 6.45) is 7.96. The van der Waals surface area contributed by atoms with Gasteiger partial charge in [0.2, 0.25) is 0 Å². The number of likely N-dealkylation sites (tertiary alicyclic amines) is 1. The molecule has 1 saturated heterocycles. The van der Waals surface area contributed by atoms with Crippen LogP contribution in [0.4, 0.5) is 0 Å². The van der Waals surface area contributed by atoms with Crippen LogP contribution >= 0.6 is 0 Å². The Morgan fingerprint density at radius 2 is 1.52 bits per heavy atom. The van der Waals surface area contributed by atoms with Crippen LogP contribution in [0.1, 0.15) is 25.1 Å². The lowest BCUT2D eigenvalue weighted by Gasteiger charge is -2.24. The normalized spacial score (nSPS) is 15.0. The molecule has 2 heterocycles. The number of aromatic nitrogens is 4. The fraction of sp³-hybridized carbons (Fsp3) is 0.250. The summed E-state index contributed by atoms with van der Waals surface area (Å²) in [5.74, 6) is 0.748. The highest BCUT2D eigenvalue weighted by Crippen LogP contribution is 2.21. The van der Waals surface area contributed by atoms with Crippen molar-refractivity contribution in [2.45, 2.75) is 19.3 Å². The Balaban J connectivity index is 1.54. The van der Waals surface area contributed by atoms with Gasteiger partial charge in [-0.2, -0.15) is 4.68 Å². The second kappa shape index (κ2) is 7.30. The van der Waals surface area contributed by atoms with Crippen LogP contribution in [0.3, 0.4) is 0 Å². The molecule has 1 aliphatic heterocycles. The molecule has 2 aromatic carbocycles. The molecule has 0 aliphatic carbocycles. The van der Waals surface area contributed by atoms with E-state index in [-0.39, 0.29) is 0 Å². The van der Waals surface area contributed by atoms with Crippen molar-refractivity contribution >= 4 is 6.08 Å². The summed E-state index contributed by atoms with van der Waals surface area (Å²) >= 11 is 0. The Labute approximate surface area is 147 Å². The van der Waals surface area contributed by atoms with E-state index >= 15 is 0 Å². The van der Waals surface area contributed by atoms with Crippen LogP contribution in [0, 0.1) is 0 Å². The van der Waals surface area contributed by atoms with Crippen molar-refractivity contribution in [3.63, 3.8) is 0 Å². The lowest BCUT2D eigenvalue weighted by atomic mass is 10.1. The number of nitrogens with zero attached hydrogens (tertiary/aromatic N) is 5. The Hall–Kier alpha value is -2.95. The van der Waals surface area contributed by atoms with Crippen LogP contribution in [0.5, 0.6) is 0 Å². The van der Waals surface area contributed by atoms with E-state index in [4.69, 9.17) is 0 Å². The molecule has 3 aromatic rings. The largest absolute Gasteiger partial charge is 0.377 e. The van der Waals surface area contributed by atoms with E-state index < -0.39 is 0 Å². The predicted octanol–water partition coefficient (Wildman–Crippen LogP) is 3.79. The topological polar surface area (TPSA) is 46.8 Å². The van der Waals surface area contributed by atoms with Gasteiger partial charge in [-0.1, -0.05) is 42.5 Å². The number of benzene rings is 2. The highest BCUT2D eigenvalue weighted by atomic mass is 15.5. The summed E-state index contributed by atoms with van der Waals surface area (Å²) in [6.45, 7) is 2.23. The van der Waals surface area contributed by atoms with Gasteiger partial charge in [0.1, 0.15) is 0 Å². The molecule has 4 rings (SSSR count). The van der Waals surface area contributed by atoms with Gasteiger partial charge in [0.05, 0.1) is 5.69 Å². The Morgan fingerprint density at radius 3 is 2.28 bits per heavy atom. The highest BCUT2D eigenvalue weighted by Gasteiger charge is 2.08. The first-order valence-corrected chi connectivity index (χ1v) is 8.77. The number of tetrazole rings is 1. The van der Waals surface area contributed by atoms with Gasteiger partial charge in [0.25, 0.3) is 0 Å². The van der Waals surface area contributed by atoms with E-state index in [1.165, 1.54) is 30.4 Å². The summed E-state index contributed by atoms with van der Waals surface area (Å²) < 4.78 is 1.77. The number of piperidine rings is 1. The fourth-order valence-corrected chi connectivity index (χ4v) is 3.15. The smallest absolute Gasteiger partial charge is 0.181 e. The van der Waals surface area contributed by atoms with Gasteiger partial charge in [-0.05, 0) is 52.9 Å². The van der Waals surface area contributed by atoms with Crippen molar-refractivity contribution in [3.05, 3.63) is 66.6 Å². The highest BCUT2D eigenvalue weighted by molar-refractivity contribution is 5.64. The molecule has 1 aliphatic rings. The first-order valence-electron chi connectivity index (χ1n) is 8.77. The quantitative estimate of drug-likeness (QED) is 0.730. The zero-order valence-corrected chi connectivity index (χ0v) is 14.1. The van der Waals surface area contributed by atoms with E-state index in [1.807, 2.05) is 24.3 Å². The van der Waals surface area contributed by atoms with E-state index in [9.17, 15) is 0 Å². The van der Waals surface area contributed by atoms with Gasteiger partial charge in [-0.25, -0.2) is 0 Å². The molecular formula is C20H21N5. The van der Waals surface area contributed by atoms with Crippen LogP contribution in [0.15, 0.2) is 60.8 Å². The zero-order chi connectivity index (χ0) is 16.9. The molecule has 5 nitrogen and oxygen atoms in total. The predicted molar refractivity (Wildman–Crippen MR) is 99.0 cm³/mol. The maximum absolute atomic E-state index is 4.15. The SMILES string of the molecule is C(=C\N1CCCCC1)/c1nnnn1-c1ccc(-c2ccccc2)cc1. The molecular weight excluding hydrogens is 310 g/mol. The van der Waals surface area contributed by atoms with Gasteiger partial charge in [-0.15, -0.1) is 5.10 Å². The monoisotopic (exact) mass is 331 g/mol. The van der Waals surface area contributed by atoms with Crippen molar-refractivity contribution in [1.82, 2.24) is 25.1 Å². The van der Waals surface area contributed by atoms with Crippen LogP contribution in [-0.4, -0.2) is 38.2 Å². The van der Waals surface area contributed by atoms with Crippen LogP contribution in [-0.2, 0) is 0 Å². The second-order valence-corrected chi connectivity index (χ2v) is 6.27. The third-order valence-electron chi connectivity index (χ3n) is 4.54.